The molecule has 3 rings (SSSR count). The lowest BCUT2D eigenvalue weighted by Gasteiger charge is -2.30. The van der Waals surface area contributed by atoms with Crippen molar-refractivity contribution in [3.63, 3.8) is 0 Å². The van der Waals surface area contributed by atoms with Crippen molar-refractivity contribution in [3.05, 3.63) is 29.2 Å². The maximum Gasteiger partial charge on any atom is 0.292 e. The molecule has 0 N–H and O–H groups in total. The number of nitrogens with zero attached hydrogens (tertiary/aromatic N) is 4. The standard InChI is InChI=1S/C17H24N4O3/c1-4-11(3)13-9-14(23-19-13)17(22)21-8-6-7-12(10-21)16-18-15(5-2)24-20-16/h9,11-12H,4-8,10H2,1-3H3/t11-,12-/m1/s1. The van der Waals surface area contributed by atoms with Gasteiger partial charge < -0.3 is 13.9 Å². The molecule has 0 radical (unpaired) electrons. The lowest BCUT2D eigenvalue weighted by atomic mass is 9.97. The summed E-state index contributed by atoms with van der Waals surface area (Å²) in [5.74, 6) is 1.94. The van der Waals surface area contributed by atoms with E-state index >= 15 is 0 Å². The molecule has 0 aliphatic carbocycles. The largest absolute Gasteiger partial charge is 0.351 e. The van der Waals surface area contributed by atoms with Crippen LogP contribution >= 0.6 is 0 Å². The van der Waals surface area contributed by atoms with Crippen LogP contribution in [0, 0.1) is 0 Å². The number of piperidine rings is 1. The molecule has 1 aliphatic rings. The van der Waals surface area contributed by atoms with E-state index in [1.807, 2.05) is 6.92 Å². The highest BCUT2D eigenvalue weighted by atomic mass is 16.5. The van der Waals surface area contributed by atoms with Gasteiger partial charge in [0, 0.05) is 37.4 Å². The Morgan fingerprint density at radius 3 is 2.92 bits per heavy atom. The zero-order valence-corrected chi connectivity index (χ0v) is 14.5. The first kappa shape index (κ1) is 16.7. The minimum Gasteiger partial charge on any atom is -0.351 e. The Bertz CT molecular complexity index is 694. The van der Waals surface area contributed by atoms with Crippen LogP contribution in [0.2, 0.25) is 0 Å². The average Bonchev–Trinajstić information content (AvgIpc) is 3.30. The van der Waals surface area contributed by atoms with Gasteiger partial charge in [-0.15, -0.1) is 0 Å². The van der Waals surface area contributed by atoms with Gasteiger partial charge in [0.15, 0.2) is 5.82 Å². The zero-order chi connectivity index (χ0) is 17.1. The fraction of sp³-hybridized carbons (Fsp3) is 0.647. The normalized spacial score (nSPS) is 19.5. The Morgan fingerprint density at radius 2 is 2.21 bits per heavy atom. The Morgan fingerprint density at radius 1 is 1.38 bits per heavy atom. The van der Waals surface area contributed by atoms with E-state index in [1.54, 1.807) is 11.0 Å². The third-order valence-electron chi connectivity index (χ3n) is 4.72. The van der Waals surface area contributed by atoms with E-state index in [1.165, 1.54) is 0 Å². The number of amides is 1. The van der Waals surface area contributed by atoms with Gasteiger partial charge in [0.05, 0.1) is 5.69 Å². The smallest absolute Gasteiger partial charge is 0.292 e. The number of carbonyl (C=O) groups excluding carboxylic acids is 1. The highest BCUT2D eigenvalue weighted by molar-refractivity contribution is 5.91. The van der Waals surface area contributed by atoms with Crippen molar-refractivity contribution in [2.45, 2.75) is 58.3 Å². The summed E-state index contributed by atoms with van der Waals surface area (Å²) in [7, 11) is 0. The van der Waals surface area contributed by atoms with Crippen molar-refractivity contribution in [2.75, 3.05) is 13.1 Å². The zero-order valence-electron chi connectivity index (χ0n) is 14.5. The summed E-state index contributed by atoms with van der Waals surface area (Å²) in [6, 6.07) is 1.77. The van der Waals surface area contributed by atoms with Gasteiger partial charge in [0.2, 0.25) is 11.7 Å². The van der Waals surface area contributed by atoms with Crippen LogP contribution < -0.4 is 0 Å². The van der Waals surface area contributed by atoms with Gasteiger partial charge in [-0.05, 0) is 19.3 Å². The molecule has 3 heterocycles. The third kappa shape index (κ3) is 3.34. The number of hydrogen-bond acceptors (Lipinski definition) is 6. The maximum absolute atomic E-state index is 12.7. The molecule has 1 saturated heterocycles. The van der Waals surface area contributed by atoms with E-state index in [2.05, 4.69) is 29.1 Å². The summed E-state index contributed by atoms with van der Waals surface area (Å²) in [6.07, 6.45) is 3.56. The Kier molecular flexibility index (Phi) is 4.97. The predicted octanol–water partition coefficient (Wildman–Crippen LogP) is 3.15. The number of rotatable bonds is 5. The van der Waals surface area contributed by atoms with E-state index in [0.717, 1.165) is 31.4 Å². The summed E-state index contributed by atoms with van der Waals surface area (Å²) in [4.78, 5) is 18.9. The second kappa shape index (κ2) is 7.15. The maximum atomic E-state index is 12.7. The molecule has 0 saturated carbocycles. The second-order valence-corrected chi connectivity index (χ2v) is 6.42. The molecule has 1 fully saturated rings. The van der Waals surface area contributed by atoms with E-state index in [0.29, 0.717) is 30.6 Å². The first-order valence-electron chi connectivity index (χ1n) is 8.70. The SMILES string of the molecule is CCc1nc([C@@H]2CCCN(C(=O)c3cc([C@H](C)CC)no3)C2)no1. The van der Waals surface area contributed by atoms with E-state index in [9.17, 15) is 4.79 Å². The molecule has 0 unspecified atom stereocenters. The van der Waals surface area contributed by atoms with Crippen LogP contribution in [0.25, 0.3) is 0 Å². The lowest BCUT2D eigenvalue weighted by Crippen LogP contribution is -2.39. The Balaban J connectivity index is 1.69. The summed E-state index contributed by atoms with van der Waals surface area (Å²) >= 11 is 0. The molecule has 0 spiro atoms. The van der Waals surface area contributed by atoms with Crippen molar-refractivity contribution in [1.29, 1.82) is 0 Å². The molecule has 130 valence electrons. The highest BCUT2D eigenvalue weighted by Gasteiger charge is 2.30. The summed E-state index contributed by atoms with van der Waals surface area (Å²) in [6.45, 7) is 7.44. The summed E-state index contributed by atoms with van der Waals surface area (Å²) < 4.78 is 10.5. The van der Waals surface area contributed by atoms with Gasteiger partial charge in [0.1, 0.15) is 0 Å². The van der Waals surface area contributed by atoms with Crippen LogP contribution in [0.3, 0.4) is 0 Å². The van der Waals surface area contributed by atoms with Gasteiger partial charge >= 0.3 is 0 Å². The first-order chi connectivity index (χ1) is 11.6. The summed E-state index contributed by atoms with van der Waals surface area (Å²) in [5.41, 5.74) is 0.833. The fourth-order valence-corrected chi connectivity index (χ4v) is 2.94. The lowest BCUT2D eigenvalue weighted by molar-refractivity contribution is 0.0661. The minimum absolute atomic E-state index is 0.110. The van der Waals surface area contributed by atoms with Crippen molar-refractivity contribution >= 4 is 5.91 Å². The van der Waals surface area contributed by atoms with Crippen molar-refractivity contribution in [3.8, 4) is 0 Å². The molecule has 24 heavy (non-hydrogen) atoms. The van der Waals surface area contributed by atoms with Gasteiger partial charge in [-0.3, -0.25) is 4.79 Å². The molecular formula is C17H24N4O3. The molecular weight excluding hydrogens is 308 g/mol. The molecule has 0 aromatic carbocycles. The number of aryl methyl sites for hydroxylation is 1. The first-order valence-corrected chi connectivity index (χ1v) is 8.70. The van der Waals surface area contributed by atoms with Gasteiger partial charge in [-0.1, -0.05) is 31.1 Å². The number of carbonyl (C=O) groups is 1. The Hall–Kier alpha value is -2.18. The fourth-order valence-electron chi connectivity index (χ4n) is 2.94. The molecule has 1 amide bonds. The van der Waals surface area contributed by atoms with E-state index < -0.39 is 0 Å². The van der Waals surface area contributed by atoms with E-state index in [4.69, 9.17) is 9.05 Å². The van der Waals surface area contributed by atoms with Crippen molar-refractivity contribution in [2.24, 2.45) is 0 Å². The monoisotopic (exact) mass is 332 g/mol. The number of hydrogen-bond donors (Lipinski definition) is 0. The molecule has 7 nitrogen and oxygen atoms in total. The molecule has 2 aromatic rings. The highest BCUT2D eigenvalue weighted by Crippen LogP contribution is 2.27. The van der Waals surface area contributed by atoms with Crippen molar-refractivity contribution < 1.29 is 13.8 Å². The minimum atomic E-state index is -0.110. The molecule has 7 heteroatoms. The van der Waals surface area contributed by atoms with E-state index in [-0.39, 0.29) is 17.7 Å². The topological polar surface area (TPSA) is 85.3 Å². The summed E-state index contributed by atoms with van der Waals surface area (Å²) in [5, 5.41) is 8.09. The van der Waals surface area contributed by atoms with Crippen LogP contribution in [0.5, 0.6) is 0 Å². The van der Waals surface area contributed by atoms with Crippen LogP contribution in [0.15, 0.2) is 15.1 Å². The number of aromatic nitrogens is 3. The molecule has 1 aliphatic heterocycles. The molecule has 2 atom stereocenters. The van der Waals surface area contributed by atoms with Gasteiger partial charge in [-0.25, -0.2) is 0 Å². The van der Waals surface area contributed by atoms with Crippen LogP contribution in [-0.4, -0.2) is 39.2 Å². The van der Waals surface area contributed by atoms with Crippen LogP contribution in [-0.2, 0) is 6.42 Å². The Labute approximate surface area is 141 Å². The average molecular weight is 332 g/mol. The van der Waals surface area contributed by atoms with Crippen molar-refractivity contribution in [1.82, 2.24) is 20.2 Å². The van der Waals surface area contributed by atoms with Crippen LogP contribution in [0.1, 0.15) is 79.8 Å². The second-order valence-electron chi connectivity index (χ2n) is 6.42. The van der Waals surface area contributed by atoms with Gasteiger partial charge in [0.25, 0.3) is 5.91 Å². The molecule has 2 aromatic heterocycles. The van der Waals surface area contributed by atoms with Crippen LogP contribution in [0.4, 0.5) is 0 Å². The van der Waals surface area contributed by atoms with Gasteiger partial charge in [-0.2, -0.15) is 4.98 Å². The number of likely N-dealkylation sites (tertiary alicyclic amines) is 1. The third-order valence-corrected chi connectivity index (χ3v) is 4.72. The quantitative estimate of drug-likeness (QED) is 0.836. The molecule has 0 bridgehead atoms. The predicted molar refractivity (Wildman–Crippen MR) is 86.8 cm³/mol.